The summed E-state index contributed by atoms with van der Waals surface area (Å²) >= 11 is 5.73. The Bertz CT molecular complexity index is 410. The monoisotopic (exact) mass is 258 g/mol. The summed E-state index contributed by atoms with van der Waals surface area (Å²) in [6, 6.07) is 4.56. The number of aliphatic hydroxyl groups excluding tert-OH is 1. The molecule has 0 bridgehead atoms. The van der Waals surface area contributed by atoms with E-state index < -0.39 is 11.0 Å². The first-order valence-electron chi connectivity index (χ1n) is 5.25. The van der Waals surface area contributed by atoms with Gasteiger partial charge >= 0.3 is 0 Å². The lowest BCUT2D eigenvalue weighted by Crippen LogP contribution is -2.22. The Morgan fingerprint density at radius 3 is 2.76 bits per heavy atom. The van der Waals surface area contributed by atoms with E-state index in [4.69, 9.17) is 11.6 Å². The largest absolute Gasteiger partial charge is 0.393 e. The van der Waals surface area contributed by atoms with Crippen LogP contribution < -0.4 is 4.90 Å². The summed E-state index contributed by atoms with van der Waals surface area (Å²) in [7, 11) is 1.75. The van der Waals surface area contributed by atoms with Gasteiger partial charge in [0.1, 0.15) is 5.69 Å². The first-order valence-corrected chi connectivity index (χ1v) is 5.62. The molecule has 17 heavy (non-hydrogen) atoms. The van der Waals surface area contributed by atoms with E-state index in [2.05, 4.69) is 0 Å². The van der Waals surface area contributed by atoms with Crippen molar-refractivity contribution in [3.63, 3.8) is 0 Å². The summed E-state index contributed by atoms with van der Waals surface area (Å²) in [5.74, 6) is 0. The van der Waals surface area contributed by atoms with Crippen molar-refractivity contribution in [3.05, 3.63) is 33.3 Å². The molecular weight excluding hydrogens is 244 g/mol. The van der Waals surface area contributed by atoms with Gasteiger partial charge in [-0.3, -0.25) is 10.1 Å². The SMILES string of the molecule is CC(O)CCN(C)c1ccc(Cl)cc1[N+](=O)[O-]. The number of hydrogen-bond donors (Lipinski definition) is 1. The standard InChI is InChI=1S/C11H15ClN2O3/c1-8(15)5-6-13(2)10-4-3-9(12)7-11(10)14(16)17/h3-4,7-8,15H,5-6H2,1-2H3. The molecule has 0 saturated carbocycles. The molecule has 0 radical (unpaired) electrons. The van der Waals surface area contributed by atoms with Crippen LogP contribution in [0.5, 0.6) is 0 Å². The molecule has 1 aromatic rings. The molecule has 94 valence electrons. The van der Waals surface area contributed by atoms with E-state index in [1.807, 2.05) is 0 Å². The van der Waals surface area contributed by atoms with Crippen molar-refractivity contribution in [2.75, 3.05) is 18.5 Å². The second kappa shape index (κ2) is 5.84. The third-order valence-electron chi connectivity index (χ3n) is 2.43. The van der Waals surface area contributed by atoms with Crippen LogP contribution in [0.25, 0.3) is 0 Å². The fourth-order valence-electron chi connectivity index (χ4n) is 1.47. The molecule has 0 heterocycles. The molecule has 1 N–H and O–H groups in total. The molecule has 0 fully saturated rings. The van der Waals surface area contributed by atoms with Crippen LogP contribution in [0.4, 0.5) is 11.4 Å². The summed E-state index contributed by atoms with van der Waals surface area (Å²) < 4.78 is 0. The molecule has 1 aromatic carbocycles. The molecule has 0 aliphatic rings. The summed E-state index contributed by atoms with van der Waals surface area (Å²) in [5, 5.41) is 20.4. The predicted molar refractivity (Wildman–Crippen MR) is 67.7 cm³/mol. The number of nitro benzene ring substituents is 1. The zero-order valence-corrected chi connectivity index (χ0v) is 10.5. The average molecular weight is 259 g/mol. The lowest BCUT2D eigenvalue weighted by Gasteiger charge is -2.19. The molecule has 0 amide bonds. The van der Waals surface area contributed by atoms with Crippen molar-refractivity contribution >= 4 is 23.0 Å². The molecule has 0 aromatic heterocycles. The van der Waals surface area contributed by atoms with Gasteiger partial charge in [-0.25, -0.2) is 0 Å². The molecule has 5 nitrogen and oxygen atoms in total. The maximum Gasteiger partial charge on any atom is 0.294 e. The zero-order valence-electron chi connectivity index (χ0n) is 9.76. The Morgan fingerprint density at radius 2 is 2.24 bits per heavy atom. The van der Waals surface area contributed by atoms with Gasteiger partial charge in [0.15, 0.2) is 0 Å². The normalized spacial score (nSPS) is 12.2. The summed E-state index contributed by atoms with van der Waals surface area (Å²) in [4.78, 5) is 12.2. The maximum absolute atomic E-state index is 10.9. The number of anilines is 1. The van der Waals surface area contributed by atoms with Gasteiger partial charge in [0, 0.05) is 24.7 Å². The highest BCUT2D eigenvalue weighted by molar-refractivity contribution is 6.30. The van der Waals surface area contributed by atoms with Crippen molar-refractivity contribution in [2.45, 2.75) is 19.4 Å². The van der Waals surface area contributed by atoms with E-state index in [1.54, 1.807) is 31.0 Å². The van der Waals surface area contributed by atoms with E-state index in [1.165, 1.54) is 6.07 Å². The van der Waals surface area contributed by atoms with E-state index in [0.29, 0.717) is 23.7 Å². The molecule has 0 aliphatic carbocycles. The van der Waals surface area contributed by atoms with E-state index >= 15 is 0 Å². The second-order valence-corrected chi connectivity index (χ2v) is 4.39. The first kappa shape index (κ1) is 13.7. The van der Waals surface area contributed by atoms with Crippen LogP contribution in [-0.2, 0) is 0 Å². The Labute approximate surface area is 105 Å². The van der Waals surface area contributed by atoms with Gasteiger partial charge in [-0.15, -0.1) is 0 Å². The van der Waals surface area contributed by atoms with E-state index in [-0.39, 0.29) is 5.69 Å². The Kier molecular flexibility index (Phi) is 4.72. The number of rotatable bonds is 5. The van der Waals surface area contributed by atoms with Crippen LogP contribution in [0.1, 0.15) is 13.3 Å². The van der Waals surface area contributed by atoms with Gasteiger partial charge in [0.2, 0.25) is 0 Å². The van der Waals surface area contributed by atoms with E-state index in [9.17, 15) is 15.2 Å². The molecule has 1 unspecified atom stereocenters. The van der Waals surface area contributed by atoms with Crippen LogP contribution >= 0.6 is 11.6 Å². The smallest absolute Gasteiger partial charge is 0.294 e. The number of aliphatic hydroxyl groups is 1. The quantitative estimate of drug-likeness (QED) is 0.651. The van der Waals surface area contributed by atoms with Gasteiger partial charge in [-0.05, 0) is 25.5 Å². The number of nitrogens with zero attached hydrogens (tertiary/aromatic N) is 2. The number of nitro groups is 1. The summed E-state index contributed by atoms with van der Waals surface area (Å²) in [6.45, 7) is 2.23. The Balaban J connectivity index is 2.92. The van der Waals surface area contributed by atoms with Crippen LogP contribution in [-0.4, -0.2) is 29.7 Å². The molecule has 1 rings (SSSR count). The van der Waals surface area contributed by atoms with Gasteiger partial charge in [0.25, 0.3) is 5.69 Å². The number of benzene rings is 1. The van der Waals surface area contributed by atoms with Crippen molar-refractivity contribution in [1.29, 1.82) is 0 Å². The Hall–Kier alpha value is -1.33. The lowest BCUT2D eigenvalue weighted by atomic mass is 10.2. The van der Waals surface area contributed by atoms with Crippen molar-refractivity contribution < 1.29 is 10.0 Å². The topological polar surface area (TPSA) is 66.6 Å². The fraction of sp³-hybridized carbons (Fsp3) is 0.455. The third kappa shape index (κ3) is 3.87. The van der Waals surface area contributed by atoms with Gasteiger partial charge in [-0.1, -0.05) is 11.6 Å². The van der Waals surface area contributed by atoms with Gasteiger partial charge in [0.05, 0.1) is 11.0 Å². The third-order valence-corrected chi connectivity index (χ3v) is 2.66. The molecule has 0 saturated heterocycles. The highest BCUT2D eigenvalue weighted by Crippen LogP contribution is 2.30. The predicted octanol–water partition coefficient (Wildman–Crippen LogP) is 2.46. The molecule has 6 heteroatoms. The fourth-order valence-corrected chi connectivity index (χ4v) is 1.63. The minimum absolute atomic E-state index is 0.0226. The maximum atomic E-state index is 10.9. The Morgan fingerprint density at radius 1 is 1.59 bits per heavy atom. The minimum atomic E-state index is -0.458. The molecular formula is C11H15ClN2O3. The summed E-state index contributed by atoms with van der Waals surface area (Å²) in [6.07, 6.45) is 0.125. The number of hydrogen-bond acceptors (Lipinski definition) is 4. The average Bonchev–Trinajstić information content (AvgIpc) is 2.25. The highest BCUT2D eigenvalue weighted by atomic mass is 35.5. The number of halogens is 1. The van der Waals surface area contributed by atoms with E-state index in [0.717, 1.165) is 0 Å². The van der Waals surface area contributed by atoms with Gasteiger partial charge in [-0.2, -0.15) is 0 Å². The minimum Gasteiger partial charge on any atom is -0.393 e. The van der Waals surface area contributed by atoms with Crippen LogP contribution in [0.2, 0.25) is 5.02 Å². The van der Waals surface area contributed by atoms with Crippen LogP contribution in [0.3, 0.4) is 0 Å². The van der Waals surface area contributed by atoms with Crippen molar-refractivity contribution in [2.24, 2.45) is 0 Å². The first-order chi connectivity index (χ1) is 7.91. The lowest BCUT2D eigenvalue weighted by molar-refractivity contribution is -0.384. The van der Waals surface area contributed by atoms with Crippen molar-refractivity contribution in [3.8, 4) is 0 Å². The highest BCUT2D eigenvalue weighted by Gasteiger charge is 2.17. The second-order valence-electron chi connectivity index (χ2n) is 3.95. The van der Waals surface area contributed by atoms with Crippen molar-refractivity contribution in [1.82, 2.24) is 0 Å². The van der Waals surface area contributed by atoms with Crippen LogP contribution in [0, 0.1) is 10.1 Å². The van der Waals surface area contributed by atoms with Crippen LogP contribution in [0.15, 0.2) is 18.2 Å². The molecule has 0 spiro atoms. The zero-order chi connectivity index (χ0) is 13.0. The molecule has 0 aliphatic heterocycles. The molecule has 1 atom stereocenters. The summed E-state index contributed by atoms with van der Waals surface area (Å²) in [5.41, 5.74) is 0.477. The van der Waals surface area contributed by atoms with Gasteiger partial charge < -0.3 is 10.0 Å².